The number of nitrogens with zero attached hydrogens (tertiary/aromatic N) is 3. The maximum Gasteiger partial charge on any atom is 0.0780 e. The van der Waals surface area contributed by atoms with E-state index in [1.54, 1.807) is 0 Å². The van der Waals surface area contributed by atoms with E-state index in [0.717, 1.165) is 31.0 Å². The summed E-state index contributed by atoms with van der Waals surface area (Å²) in [6, 6.07) is 30.6. The van der Waals surface area contributed by atoms with Crippen molar-refractivity contribution in [2.45, 2.75) is 37.6 Å². The third kappa shape index (κ3) is 4.04. The Morgan fingerprint density at radius 3 is 2.34 bits per heavy atom. The van der Waals surface area contributed by atoms with Gasteiger partial charge in [-0.05, 0) is 35.6 Å². The van der Waals surface area contributed by atoms with Crippen LogP contribution in [0.15, 0.2) is 97.7 Å². The molecule has 6 rings (SSSR count). The summed E-state index contributed by atoms with van der Waals surface area (Å²) in [4.78, 5) is 9.82. The summed E-state index contributed by atoms with van der Waals surface area (Å²) < 4.78 is 0. The molecular formula is C32H33N3. The van der Waals surface area contributed by atoms with Crippen LogP contribution < -0.4 is 0 Å². The number of hydrogen-bond donors (Lipinski definition) is 0. The van der Waals surface area contributed by atoms with Crippen LogP contribution in [0.5, 0.6) is 0 Å². The Kier molecular flexibility index (Phi) is 5.87. The van der Waals surface area contributed by atoms with Gasteiger partial charge in [-0.2, -0.15) is 0 Å². The van der Waals surface area contributed by atoms with Gasteiger partial charge >= 0.3 is 0 Å². The molecule has 2 aliphatic rings. The van der Waals surface area contributed by atoms with Crippen molar-refractivity contribution in [2.24, 2.45) is 0 Å². The third-order valence-electron chi connectivity index (χ3n) is 8.12. The lowest BCUT2D eigenvalue weighted by Crippen LogP contribution is -2.47. The molecule has 1 aliphatic heterocycles. The van der Waals surface area contributed by atoms with Crippen LogP contribution in [0.3, 0.4) is 0 Å². The molecule has 35 heavy (non-hydrogen) atoms. The highest BCUT2D eigenvalue weighted by Crippen LogP contribution is 2.44. The SMILES string of the molecule is C=C(c1ccc(-c2cccc3cccnc23)cc1)N1CCN(C2(c3ccccc3)CCCCC2)C1. The normalized spacial score (nSPS) is 18.1. The number of pyridine rings is 1. The Labute approximate surface area is 208 Å². The zero-order valence-corrected chi connectivity index (χ0v) is 20.4. The highest BCUT2D eigenvalue weighted by atomic mass is 15.4. The Balaban J connectivity index is 1.22. The number of aromatic nitrogens is 1. The van der Waals surface area contributed by atoms with Gasteiger partial charge in [-0.15, -0.1) is 0 Å². The van der Waals surface area contributed by atoms with Crippen molar-refractivity contribution < 1.29 is 0 Å². The van der Waals surface area contributed by atoms with E-state index in [9.17, 15) is 0 Å². The smallest absolute Gasteiger partial charge is 0.0780 e. The Morgan fingerprint density at radius 1 is 0.771 bits per heavy atom. The molecule has 3 aromatic carbocycles. The molecule has 4 aromatic rings. The van der Waals surface area contributed by atoms with E-state index in [-0.39, 0.29) is 5.54 Å². The summed E-state index contributed by atoms with van der Waals surface area (Å²) in [6.07, 6.45) is 8.37. The molecule has 0 atom stereocenters. The summed E-state index contributed by atoms with van der Waals surface area (Å²) in [5.74, 6) is 0. The lowest BCUT2D eigenvalue weighted by atomic mass is 9.75. The van der Waals surface area contributed by atoms with Crippen molar-refractivity contribution in [2.75, 3.05) is 19.8 Å². The van der Waals surface area contributed by atoms with E-state index in [2.05, 4.69) is 100 Å². The van der Waals surface area contributed by atoms with Crippen molar-refractivity contribution in [1.82, 2.24) is 14.8 Å². The van der Waals surface area contributed by atoms with E-state index >= 15 is 0 Å². The van der Waals surface area contributed by atoms with Gasteiger partial charge < -0.3 is 4.90 Å². The lowest BCUT2D eigenvalue weighted by Gasteiger charge is -2.45. The van der Waals surface area contributed by atoms with Crippen molar-refractivity contribution in [3.63, 3.8) is 0 Å². The van der Waals surface area contributed by atoms with E-state index in [0.29, 0.717) is 0 Å². The molecule has 0 bridgehead atoms. The molecule has 0 spiro atoms. The van der Waals surface area contributed by atoms with Crippen LogP contribution in [0, 0.1) is 0 Å². The maximum atomic E-state index is 4.63. The quantitative estimate of drug-likeness (QED) is 0.312. The fraction of sp³-hybridized carbons (Fsp3) is 0.281. The van der Waals surface area contributed by atoms with Gasteiger partial charge in [0.25, 0.3) is 0 Å². The predicted molar refractivity (Wildman–Crippen MR) is 146 cm³/mol. The first-order valence-electron chi connectivity index (χ1n) is 12.9. The molecule has 0 radical (unpaired) electrons. The summed E-state index contributed by atoms with van der Waals surface area (Å²) >= 11 is 0. The zero-order chi connectivity index (χ0) is 23.7. The zero-order valence-electron chi connectivity index (χ0n) is 20.4. The average Bonchev–Trinajstić information content (AvgIpc) is 3.44. The summed E-state index contributed by atoms with van der Waals surface area (Å²) in [7, 11) is 0. The summed E-state index contributed by atoms with van der Waals surface area (Å²) in [5.41, 5.74) is 7.39. The fourth-order valence-electron chi connectivity index (χ4n) is 6.19. The minimum atomic E-state index is 0.166. The first-order chi connectivity index (χ1) is 17.2. The number of benzene rings is 3. The van der Waals surface area contributed by atoms with Crippen LogP contribution in [-0.2, 0) is 5.54 Å². The molecule has 0 N–H and O–H groups in total. The van der Waals surface area contributed by atoms with Crippen molar-refractivity contribution in [1.29, 1.82) is 0 Å². The van der Waals surface area contributed by atoms with Gasteiger partial charge in [0.15, 0.2) is 0 Å². The molecule has 1 saturated carbocycles. The van der Waals surface area contributed by atoms with Crippen LogP contribution >= 0.6 is 0 Å². The molecule has 2 fully saturated rings. The topological polar surface area (TPSA) is 19.4 Å². The largest absolute Gasteiger partial charge is 0.357 e. The second kappa shape index (κ2) is 9.31. The molecular weight excluding hydrogens is 426 g/mol. The van der Waals surface area contributed by atoms with Gasteiger partial charge in [0.05, 0.1) is 12.2 Å². The van der Waals surface area contributed by atoms with Crippen LogP contribution in [0.4, 0.5) is 0 Å². The maximum absolute atomic E-state index is 4.63. The van der Waals surface area contributed by atoms with Gasteiger partial charge in [-0.1, -0.05) is 105 Å². The second-order valence-electron chi connectivity index (χ2n) is 10.0. The molecule has 1 aliphatic carbocycles. The standard InChI is InChI=1S/C32H33N3/c1-25(26-15-17-27(18-16-26)30-14-8-10-28-11-9-21-33-31(28)30)34-22-23-35(24-34)32(19-6-3-7-20-32)29-12-4-2-5-13-29/h2,4-5,8-18,21H,1,3,6-7,19-20,22-24H2. The van der Waals surface area contributed by atoms with Crippen LogP contribution in [0.25, 0.3) is 27.7 Å². The number of rotatable bonds is 5. The summed E-state index contributed by atoms with van der Waals surface area (Å²) in [6.45, 7) is 7.59. The average molecular weight is 460 g/mol. The van der Waals surface area contributed by atoms with Crippen LogP contribution in [-0.4, -0.2) is 34.5 Å². The molecule has 3 heteroatoms. The minimum Gasteiger partial charge on any atom is -0.357 e. The van der Waals surface area contributed by atoms with E-state index in [1.807, 2.05) is 12.3 Å². The van der Waals surface area contributed by atoms with Crippen molar-refractivity contribution in [3.05, 3.63) is 109 Å². The first kappa shape index (κ1) is 22.1. The highest BCUT2D eigenvalue weighted by molar-refractivity contribution is 5.93. The van der Waals surface area contributed by atoms with Crippen molar-refractivity contribution >= 4 is 16.6 Å². The van der Waals surface area contributed by atoms with Gasteiger partial charge in [0, 0.05) is 41.5 Å². The highest BCUT2D eigenvalue weighted by Gasteiger charge is 2.42. The molecule has 2 heterocycles. The fourth-order valence-corrected chi connectivity index (χ4v) is 6.19. The molecule has 1 aromatic heterocycles. The summed E-state index contributed by atoms with van der Waals surface area (Å²) in [5, 5.41) is 1.17. The number of fused-ring (bicyclic) bond motifs is 1. The number of para-hydroxylation sites is 1. The molecule has 0 amide bonds. The molecule has 0 unspecified atom stereocenters. The Bertz CT molecular complexity index is 1310. The Morgan fingerprint density at radius 2 is 1.54 bits per heavy atom. The second-order valence-corrected chi connectivity index (χ2v) is 10.0. The van der Waals surface area contributed by atoms with Gasteiger partial charge in [0.2, 0.25) is 0 Å². The molecule has 1 saturated heterocycles. The predicted octanol–water partition coefficient (Wildman–Crippen LogP) is 7.31. The minimum absolute atomic E-state index is 0.166. The molecule has 176 valence electrons. The van der Waals surface area contributed by atoms with E-state index < -0.39 is 0 Å². The van der Waals surface area contributed by atoms with Gasteiger partial charge in [-0.3, -0.25) is 9.88 Å². The van der Waals surface area contributed by atoms with E-state index in [1.165, 1.54) is 59.7 Å². The van der Waals surface area contributed by atoms with Gasteiger partial charge in [0.1, 0.15) is 0 Å². The first-order valence-corrected chi connectivity index (χ1v) is 12.9. The van der Waals surface area contributed by atoms with Crippen LogP contribution in [0.1, 0.15) is 43.2 Å². The van der Waals surface area contributed by atoms with Crippen molar-refractivity contribution in [3.8, 4) is 11.1 Å². The lowest BCUT2D eigenvalue weighted by molar-refractivity contribution is 0.0602. The van der Waals surface area contributed by atoms with E-state index in [4.69, 9.17) is 0 Å². The number of hydrogen-bond acceptors (Lipinski definition) is 3. The third-order valence-corrected chi connectivity index (χ3v) is 8.12. The van der Waals surface area contributed by atoms with Gasteiger partial charge in [-0.25, -0.2) is 0 Å². The Hall–Kier alpha value is -3.43. The monoisotopic (exact) mass is 459 g/mol. The molecule has 3 nitrogen and oxygen atoms in total. The van der Waals surface area contributed by atoms with Crippen LogP contribution in [0.2, 0.25) is 0 Å².